The zero-order valence-corrected chi connectivity index (χ0v) is 7.59. The van der Waals surface area contributed by atoms with Gasteiger partial charge in [-0.1, -0.05) is 0 Å². The van der Waals surface area contributed by atoms with Gasteiger partial charge in [0.1, 0.15) is 17.3 Å². The average molecular weight is 206 g/mol. The zero-order valence-electron chi connectivity index (χ0n) is 7.59. The number of hydrogen-bond acceptors (Lipinski definition) is 2. The van der Waals surface area contributed by atoms with Gasteiger partial charge in [-0.05, 0) is 24.3 Å². The summed E-state index contributed by atoms with van der Waals surface area (Å²) in [7, 11) is 0. The van der Waals surface area contributed by atoms with Gasteiger partial charge in [0.15, 0.2) is 0 Å². The Balaban J connectivity index is 2.49. The summed E-state index contributed by atoms with van der Waals surface area (Å²) in [5, 5.41) is 8.85. The first-order valence-electron chi connectivity index (χ1n) is 4.21. The number of pyridine rings is 1. The first kappa shape index (κ1) is 9.39. The Morgan fingerprint density at radius 3 is 2.80 bits per heavy atom. The van der Waals surface area contributed by atoms with Crippen molar-refractivity contribution in [3.05, 3.63) is 48.2 Å². The van der Waals surface area contributed by atoms with Crippen LogP contribution in [0.25, 0.3) is 5.82 Å². The van der Waals surface area contributed by atoms with Crippen LogP contribution in [0.5, 0.6) is 0 Å². The van der Waals surface area contributed by atoms with Gasteiger partial charge in [-0.25, -0.2) is 14.2 Å². The molecule has 0 fully saturated rings. The normalized spacial score (nSPS) is 10.2. The van der Waals surface area contributed by atoms with E-state index in [0.29, 0.717) is 5.82 Å². The third-order valence-corrected chi connectivity index (χ3v) is 1.93. The fourth-order valence-corrected chi connectivity index (χ4v) is 1.27. The Labute approximate surface area is 84.6 Å². The van der Waals surface area contributed by atoms with Crippen molar-refractivity contribution in [1.29, 1.82) is 0 Å². The highest BCUT2D eigenvalue weighted by Crippen LogP contribution is 2.10. The van der Waals surface area contributed by atoms with Crippen LogP contribution in [0, 0.1) is 5.82 Å². The van der Waals surface area contributed by atoms with Gasteiger partial charge in [0.25, 0.3) is 0 Å². The van der Waals surface area contributed by atoms with Crippen molar-refractivity contribution in [2.45, 2.75) is 0 Å². The molecular formula is C10H7FN2O2. The minimum absolute atomic E-state index is 0.0918. The molecule has 0 aromatic carbocycles. The maximum Gasteiger partial charge on any atom is 0.352 e. The molecule has 0 unspecified atom stereocenters. The van der Waals surface area contributed by atoms with Gasteiger partial charge in [-0.3, -0.25) is 4.57 Å². The third-order valence-electron chi connectivity index (χ3n) is 1.93. The van der Waals surface area contributed by atoms with Crippen LogP contribution >= 0.6 is 0 Å². The van der Waals surface area contributed by atoms with Crippen LogP contribution in [-0.4, -0.2) is 20.6 Å². The molecule has 0 bridgehead atoms. The predicted octanol–water partition coefficient (Wildman–Crippen LogP) is 1.71. The van der Waals surface area contributed by atoms with E-state index in [-0.39, 0.29) is 5.69 Å². The van der Waals surface area contributed by atoms with E-state index in [1.165, 1.54) is 22.8 Å². The van der Waals surface area contributed by atoms with Crippen LogP contribution in [0.2, 0.25) is 0 Å². The minimum atomic E-state index is -1.05. The topological polar surface area (TPSA) is 55.1 Å². The second-order valence-electron chi connectivity index (χ2n) is 2.90. The molecule has 0 atom stereocenters. The summed E-state index contributed by atoms with van der Waals surface area (Å²) in [6.07, 6.45) is 2.60. The van der Waals surface area contributed by atoms with Gasteiger partial charge >= 0.3 is 5.97 Å². The first-order chi connectivity index (χ1) is 7.18. The van der Waals surface area contributed by atoms with E-state index in [4.69, 9.17) is 5.11 Å². The summed E-state index contributed by atoms with van der Waals surface area (Å²) in [4.78, 5) is 14.6. The molecule has 76 valence electrons. The van der Waals surface area contributed by atoms with Gasteiger partial charge < -0.3 is 5.11 Å². The molecular weight excluding hydrogens is 199 g/mol. The summed E-state index contributed by atoms with van der Waals surface area (Å²) in [6.45, 7) is 0. The lowest BCUT2D eigenvalue weighted by atomic mass is 10.4. The number of carboxylic acids is 1. The van der Waals surface area contributed by atoms with Gasteiger partial charge in [0.2, 0.25) is 0 Å². The first-order valence-corrected chi connectivity index (χ1v) is 4.21. The Morgan fingerprint density at radius 2 is 2.20 bits per heavy atom. The molecule has 15 heavy (non-hydrogen) atoms. The molecule has 0 amide bonds. The molecule has 4 nitrogen and oxygen atoms in total. The average Bonchev–Trinajstić information content (AvgIpc) is 2.67. The van der Waals surface area contributed by atoms with Gasteiger partial charge in [0, 0.05) is 6.20 Å². The monoisotopic (exact) mass is 206 g/mol. The number of hydrogen-bond donors (Lipinski definition) is 1. The van der Waals surface area contributed by atoms with E-state index in [1.807, 2.05) is 0 Å². The Bertz CT molecular complexity index is 490. The molecule has 2 aromatic heterocycles. The van der Waals surface area contributed by atoms with E-state index in [9.17, 15) is 9.18 Å². The molecule has 2 rings (SSSR count). The molecule has 2 aromatic rings. The number of aromatic carboxylic acids is 1. The number of aromatic nitrogens is 2. The van der Waals surface area contributed by atoms with Crippen LogP contribution in [-0.2, 0) is 0 Å². The van der Waals surface area contributed by atoms with Crippen LogP contribution in [0.4, 0.5) is 4.39 Å². The quantitative estimate of drug-likeness (QED) is 0.813. The highest BCUT2D eigenvalue weighted by atomic mass is 19.1. The van der Waals surface area contributed by atoms with E-state index in [2.05, 4.69) is 4.98 Å². The van der Waals surface area contributed by atoms with Crippen LogP contribution < -0.4 is 0 Å². The summed E-state index contributed by atoms with van der Waals surface area (Å²) >= 11 is 0. The molecule has 0 aliphatic heterocycles. The Kier molecular flexibility index (Phi) is 2.21. The van der Waals surface area contributed by atoms with E-state index in [0.717, 1.165) is 6.20 Å². The standard InChI is InChI=1S/C10H7FN2O2/c11-7-3-4-9(12-6-7)13-5-1-2-8(13)10(14)15/h1-6H,(H,14,15). The van der Waals surface area contributed by atoms with Crippen LogP contribution in [0.1, 0.15) is 10.5 Å². The second-order valence-corrected chi connectivity index (χ2v) is 2.90. The highest BCUT2D eigenvalue weighted by molar-refractivity contribution is 5.86. The third kappa shape index (κ3) is 1.71. The maximum atomic E-state index is 12.6. The van der Waals surface area contributed by atoms with Gasteiger partial charge in [0.05, 0.1) is 6.20 Å². The molecule has 1 N–H and O–H groups in total. The van der Waals surface area contributed by atoms with Crippen LogP contribution in [0.3, 0.4) is 0 Å². The maximum absolute atomic E-state index is 12.6. The Morgan fingerprint density at radius 1 is 1.40 bits per heavy atom. The van der Waals surface area contributed by atoms with Crippen molar-refractivity contribution < 1.29 is 14.3 Å². The van der Waals surface area contributed by atoms with Gasteiger partial charge in [-0.15, -0.1) is 0 Å². The van der Waals surface area contributed by atoms with E-state index in [1.54, 1.807) is 12.3 Å². The number of carbonyl (C=O) groups is 1. The summed E-state index contributed by atoms with van der Waals surface area (Å²) in [5.74, 6) is -1.13. The zero-order chi connectivity index (χ0) is 10.8. The van der Waals surface area contributed by atoms with Crippen molar-refractivity contribution in [1.82, 2.24) is 9.55 Å². The number of carboxylic acid groups (broad SMARTS) is 1. The fourth-order valence-electron chi connectivity index (χ4n) is 1.27. The lowest BCUT2D eigenvalue weighted by Gasteiger charge is -2.04. The molecule has 0 aliphatic rings. The number of halogens is 1. The molecule has 5 heteroatoms. The largest absolute Gasteiger partial charge is 0.477 e. The molecule has 0 radical (unpaired) electrons. The smallest absolute Gasteiger partial charge is 0.352 e. The van der Waals surface area contributed by atoms with Crippen LogP contribution in [0.15, 0.2) is 36.7 Å². The summed E-state index contributed by atoms with van der Waals surface area (Å²) in [5.41, 5.74) is 0.0918. The van der Waals surface area contributed by atoms with E-state index < -0.39 is 11.8 Å². The van der Waals surface area contributed by atoms with Crippen molar-refractivity contribution in [3.8, 4) is 5.82 Å². The minimum Gasteiger partial charge on any atom is -0.477 e. The van der Waals surface area contributed by atoms with Gasteiger partial charge in [-0.2, -0.15) is 0 Å². The summed E-state index contributed by atoms with van der Waals surface area (Å²) in [6, 6.07) is 5.69. The lowest BCUT2D eigenvalue weighted by molar-refractivity contribution is 0.0688. The fraction of sp³-hybridized carbons (Fsp3) is 0. The SMILES string of the molecule is O=C(O)c1cccn1-c1ccc(F)cn1. The molecule has 0 saturated heterocycles. The Hall–Kier alpha value is -2.17. The molecule has 0 aliphatic carbocycles. The lowest BCUT2D eigenvalue weighted by Crippen LogP contribution is -2.06. The predicted molar refractivity (Wildman–Crippen MR) is 50.5 cm³/mol. The van der Waals surface area contributed by atoms with Crippen molar-refractivity contribution in [2.75, 3.05) is 0 Å². The van der Waals surface area contributed by atoms with Crippen molar-refractivity contribution >= 4 is 5.97 Å². The number of nitrogens with zero attached hydrogens (tertiary/aromatic N) is 2. The molecule has 0 saturated carbocycles. The van der Waals surface area contributed by atoms with E-state index >= 15 is 0 Å². The number of rotatable bonds is 2. The molecule has 0 spiro atoms. The summed E-state index contributed by atoms with van der Waals surface area (Å²) < 4.78 is 14.0. The second kappa shape index (κ2) is 3.53. The molecule has 2 heterocycles. The van der Waals surface area contributed by atoms with Crippen molar-refractivity contribution in [3.63, 3.8) is 0 Å². The van der Waals surface area contributed by atoms with Crippen molar-refractivity contribution in [2.24, 2.45) is 0 Å². The highest BCUT2D eigenvalue weighted by Gasteiger charge is 2.10.